The summed E-state index contributed by atoms with van der Waals surface area (Å²) in [5.41, 5.74) is -0.0758. The highest BCUT2D eigenvalue weighted by Crippen LogP contribution is 2.34. The van der Waals surface area contributed by atoms with E-state index in [9.17, 15) is 10.1 Å². The van der Waals surface area contributed by atoms with E-state index in [1.165, 1.54) is 6.33 Å². The summed E-state index contributed by atoms with van der Waals surface area (Å²) in [5, 5.41) is 14.5. The number of furan rings is 1. The maximum atomic E-state index is 11.6. The maximum Gasteiger partial charge on any atom is 0.353 e. The van der Waals surface area contributed by atoms with Crippen molar-refractivity contribution >= 4 is 17.3 Å². The van der Waals surface area contributed by atoms with Crippen LogP contribution in [0.1, 0.15) is 25.5 Å². The van der Waals surface area contributed by atoms with Gasteiger partial charge in [-0.1, -0.05) is 6.92 Å². The van der Waals surface area contributed by atoms with Crippen LogP contribution in [0.4, 0.5) is 17.3 Å². The second-order valence-corrected chi connectivity index (χ2v) is 5.78. The highest BCUT2D eigenvalue weighted by atomic mass is 16.6. The molecule has 8 nitrogen and oxygen atoms in total. The molecule has 1 aliphatic rings. The molecule has 3 heterocycles. The standard InChI is InChI=1S/C15H19N5O3/c1-11-4-2-6-19(9-11)15-13(20(21)22)14(17-10-18-15)16-8-12-5-3-7-23-12/h3,5,7,10-11H,2,4,6,8-9H2,1H3,(H,16,17,18). The summed E-state index contributed by atoms with van der Waals surface area (Å²) in [5.74, 6) is 1.79. The number of nitro groups is 1. The molecule has 0 spiro atoms. The fourth-order valence-electron chi connectivity index (χ4n) is 2.86. The van der Waals surface area contributed by atoms with Crippen LogP contribution in [0.15, 0.2) is 29.1 Å². The molecule has 2 aromatic rings. The molecule has 1 aliphatic heterocycles. The van der Waals surface area contributed by atoms with Gasteiger partial charge in [0.1, 0.15) is 12.1 Å². The number of anilines is 2. The van der Waals surface area contributed by atoms with Crippen molar-refractivity contribution in [2.75, 3.05) is 23.3 Å². The number of aromatic nitrogens is 2. The van der Waals surface area contributed by atoms with Crippen LogP contribution in [0.2, 0.25) is 0 Å². The lowest BCUT2D eigenvalue weighted by Crippen LogP contribution is -2.35. The van der Waals surface area contributed by atoms with Crippen LogP contribution in [0, 0.1) is 16.0 Å². The Kier molecular flexibility index (Phi) is 4.40. The SMILES string of the molecule is CC1CCCN(c2ncnc(NCc3ccco3)c2[N+](=O)[O-])C1. The molecule has 1 N–H and O–H groups in total. The van der Waals surface area contributed by atoms with E-state index in [1.54, 1.807) is 18.4 Å². The van der Waals surface area contributed by atoms with Gasteiger partial charge in [0.2, 0.25) is 11.6 Å². The Morgan fingerprint density at radius 2 is 2.39 bits per heavy atom. The molecular weight excluding hydrogens is 298 g/mol. The van der Waals surface area contributed by atoms with E-state index in [0.29, 0.717) is 24.0 Å². The van der Waals surface area contributed by atoms with E-state index in [1.807, 2.05) is 4.90 Å². The maximum absolute atomic E-state index is 11.6. The third-order valence-electron chi connectivity index (χ3n) is 3.95. The van der Waals surface area contributed by atoms with Gasteiger partial charge in [-0.15, -0.1) is 0 Å². The van der Waals surface area contributed by atoms with Crippen molar-refractivity contribution in [3.8, 4) is 0 Å². The predicted octanol–water partition coefficient (Wildman–Crippen LogP) is 2.83. The summed E-state index contributed by atoms with van der Waals surface area (Å²) in [6.07, 6.45) is 5.08. The quantitative estimate of drug-likeness (QED) is 0.669. The molecule has 0 saturated carbocycles. The van der Waals surface area contributed by atoms with Crippen molar-refractivity contribution in [1.82, 2.24) is 9.97 Å². The summed E-state index contributed by atoms with van der Waals surface area (Å²) in [7, 11) is 0. The molecule has 122 valence electrons. The lowest BCUT2D eigenvalue weighted by molar-refractivity contribution is -0.383. The van der Waals surface area contributed by atoms with E-state index in [-0.39, 0.29) is 11.5 Å². The largest absolute Gasteiger partial charge is 0.467 e. The van der Waals surface area contributed by atoms with Gasteiger partial charge in [0.15, 0.2) is 0 Å². The van der Waals surface area contributed by atoms with E-state index < -0.39 is 4.92 Å². The lowest BCUT2D eigenvalue weighted by atomic mass is 10.0. The second kappa shape index (κ2) is 6.64. The van der Waals surface area contributed by atoms with Gasteiger partial charge in [0, 0.05) is 13.1 Å². The number of nitrogens with zero attached hydrogens (tertiary/aromatic N) is 4. The first-order valence-corrected chi connectivity index (χ1v) is 7.65. The Morgan fingerprint density at radius 3 is 3.09 bits per heavy atom. The number of piperidine rings is 1. The van der Waals surface area contributed by atoms with Crippen molar-refractivity contribution in [3.05, 3.63) is 40.6 Å². The predicted molar refractivity (Wildman–Crippen MR) is 85.3 cm³/mol. The Balaban J connectivity index is 1.87. The molecular formula is C15H19N5O3. The van der Waals surface area contributed by atoms with E-state index in [0.717, 1.165) is 25.9 Å². The molecule has 1 fully saturated rings. The van der Waals surface area contributed by atoms with Gasteiger partial charge in [0.25, 0.3) is 0 Å². The molecule has 0 radical (unpaired) electrons. The summed E-state index contributed by atoms with van der Waals surface area (Å²) >= 11 is 0. The van der Waals surface area contributed by atoms with Crippen molar-refractivity contribution < 1.29 is 9.34 Å². The first-order valence-electron chi connectivity index (χ1n) is 7.65. The zero-order valence-electron chi connectivity index (χ0n) is 12.9. The molecule has 1 atom stereocenters. The molecule has 2 aromatic heterocycles. The highest BCUT2D eigenvalue weighted by molar-refractivity contribution is 5.70. The van der Waals surface area contributed by atoms with E-state index >= 15 is 0 Å². The third-order valence-corrected chi connectivity index (χ3v) is 3.95. The normalized spacial score (nSPS) is 18.0. The number of nitrogens with one attached hydrogen (secondary N) is 1. The van der Waals surface area contributed by atoms with Crippen LogP contribution in [0.25, 0.3) is 0 Å². The molecule has 8 heteroatoms. The first-order chi connectivity index (χ1) is 11.1. The zero-order chi connectivity index (χ0) is 16.2. The summed E-state index contributed by atoms with van der Waals surface area (Å²) in [6.45, 7) is 4.03. The van der Waals surface area contributed by atoms with Gasteiger partial charge >= 0.3 is 5.69 Å². The minimum atomic E-state index is -0.418. The molecule has 1 saturated heterocycles. The number of hydrogen-bond donors (Lipinski definition) is 1. The minimum Gasteiger partial charge on any atom is -0.467 e. The van der Waals surface area contributed by atoms with Crippen LogP contribution in [0.5, 0.6) is 0 Å². The molecule has 1 unspecified atom stereocenters. The fourth-order valence-corrected chi connectivity index (χ4v) is 2.86. The van der Waals surface area contributed by atoms with Crippen LogP contribution in [0.3, 0.4) is 0 Å². The van der Waals surface area contributed by atoms with Crippen LogP contribution in [-0.4, -0.2) is 28.0 Å². The summed E-state index contributed by atoms with van der Waals surface area (Å²) in [6, 6.07) is 3.57. The van der Waals surface area contributed by atoms with E-state index in [2.05, 4.69) is 22.2 Å². The van der Waals surface area contributed by atoms with E-state index in [4.69, 9.17) is 4.42 Å². The van der Waals surface area contributed by atoms with Crippen LogP contribution in [-0.2, 0) is 6.54 Å². The molecule has 0 aliphatic carbocycles. The molecule has 0 amide bonds. The molecule has 23 heavy (non-hydrogen) atoms. The van der Waals surface area contributed by atoms with Crippen molar-refractivity contribution in [2.24, 2.45) is 5.92 Å². The zero-order valence-corrected chi connectivity index (χ0v) is 12.9. The van der Waals surface area contributed by atoms with Gasteiger partial charge in [0.05, 0.1) is 17.7 Å². The third kappa shape index (κ3) is 3.41. The lowest BCUT2D eigenvalue weighted by Gasteiger charge is -2.31. The Morgan fingerprint density at radius 1 is 1.52 bits per heavy atom. The summed E-state index contributed by atoms with van der Waals surface area (Å²) in [4.78, 5) is 21.3. The Labute approximate surface area is 133 Å². The van der Waals surface area contributed by atoms with Crippen molar-refractivity contribution in [3.63, 3.8) is 0 Å². The summed E-state index contributed by atoms with van der Waals surface area (Å²) < 4.78 is 5.23. The molecule has 0 aromatic carbocycles. The van der Waals surface area contributed by atoms with Gasteiger partial charge < -0.3 is 14.6 Å². The smallest absolute Gasteiger partial charge is 0.353 e. The topological polar surface area (TPSA) is 97.3 Å². The first kappa shape index (κ1) is 15.3. The van der Waals surface area contributed by atoms with Gasteiger partial charge in [-0.2, -0.15) is 0 Å². The minimum absolute atomic E-state index is 0.0758. The van der Waals surface area contributed by atoms with Gasteiger partial charge in [-0.25, -0.2) is 9.97 Å². The number of rotatable bonds is 5. The Bertz CT molecular complexity index is 674. The average molecular weight is 317 g/mol. The van der Waals surface area contributed by atoms with Gasteiger partial charge in [-0.05, 0) is 30.9 Å². The molecule has 3 rings (SSSR count). The van der Waals surface area contributed by atoms with Gasteiger partial charge in [-0.3, -0.25) is 10.1 Å². The van der Waals surface area contributed by atoms with Crippen molar-refractivity contribution in [1.29, 1.82) is 0 Å². The monoisotopic (exact) mass is 317 g/mol. The number of hydrogen-bond acceptors (Lipinski definition) is 7. The highest BCUT2D eigenvalue weighted by Gasteiger charge is 2.29. The molecule has 0 bridgehead atoms. The Hall–Kier alpha value is -2.64. The van der Waals surface area contributed by atoms with Crippen LogP contribution >= 0.6 is 0 Å². The van der Waals surface area contributed by atoms with Crippen molar-refractivity contribution in [2.45, 2.75) is 26.3 Å². The fraction of sp³-hybridized carbons (Fsp3) is 0.467. The van der Waals surface area contributed by atoms with Crippen LogP contribution < -0.4 is 10.2 Å². The average Bonchev–Trinajstić information content (AvgIpc) is 3.05. The second-order valence-electron chi connectivity index (χ2n) is 5.78.